The van der Waals surface area contributed by atoms with Gasteiger partial charge in [-0.05, 0) is 36.4 Å². The number of nitriles is 1. The molecule has 4 rings (SSSR count). The van der Waals surface area contributed by atoms with Gasteiger partial charge < -0.3 is 9.72 Å². The van der Waals surface area contributed by atoms with Crippen LogP contribution in [0.15, 0.2) is 53.3 Å². The Morgan fingerprint density at radius 3 is 2.52 bits per heavy atom. The molecule has 0 aliphatic rings. The van der Waals surface area contributed by atoms with Crippen molar-refractivity contribution in [3.63, 3.8) is 0 Å². The Morgan fingerprint density at radius 1 is 1.15 bits per heavy atom. The largest absolute Gasteiger partial charge is 0.497 e. The van der Waals surface area contributed by atoms with E-state index in [0.29, 0.717) is 22.5 Å². The van der Waals surface area contributed by atoms with E-state index in [4.69, 9.17) is 4.74 Å². The predicted molar refractivity (Wildman–Crippen MR) is 99.3 cm³/mol. The fourth-order valence-electron chi connectivity index (χ4n) is 3.13. The number of hydrogen-bond donors (Lipinski definition) is 1. The molecule has 8 nitrogen and oxygen atoms in total. The number of non-ortho nitro benzene ring substituents is 1. The Bertz CT molecular complexity index is 1310. The Kier molecular flexibility index (Phi) is 3.63. The van der Waals surface area contributed by atoms with E-state index in [0.717, 1.165) is 10.9 Å². The van der Waals surface area contributed by atoms with E-state index in [1.807, 2.05) is 12.1 Å². The predicted octanol–water partition coefficient (Wildman–Crippen LogP) is 3.26. The van der Waals surface area contributed by atoms with Crippen LogP contribution in [-0.4, -0.2) is 21.6 Å². The first-order valence-electron chi connectivity index (χ1n) is 7.94. The van der Waals surface area contributed by atoms with Crippen molar-refractivity contribution in [2.75, 3.05) is 7.11 Å². The molecule has 0 amide bonds. The number of methoxy groups -OCH3 is 1. The smallest absolute Gasteiger partial charge is 0.273 e. The van der Waals surface area contributed by atoms with Crippen LogP contribution in [-0.2, 0) is 0 Å². The first-order chi connectivity index (χ1) is 13.0. The maximum atomic E-state index is 12.9. The molecule has 0 radical (unpaired) electrons. The van der Waals surface area contributed by atoms with Crippen LogP contribution in [0.1, 0.15) is 5.56 Å². The highest BCUT2D eigenvalue weighted by molar-refractivity contribution is 6.06. The molecule has 0 unspecified atom stereocenters. The molecule has 2 aromatic heterocycles. The van der Waals surface area contributed by atoms with Crippen LogP contribution in [0.25, 0.3) is 27.6 Å². The van der Waals surface area contributed by atoms with Gasteiger partial charge in [-0.2, -0.15) is 5.26 Å². The zero-order valence-electron chi connectivity index (χ0n) is 14.1. The Morgan fingerprint density at radius 2 is 1.89 bits per heavy atom. The van der Waals surface area contributed by atoms with Gasteiger partial charge in [0, 0.05) is 28.7 Å². The van der Waals surface area contributed by atoms with Crippen LogP contribution in [0.5, 0.6) is 5.75 Å². The van der Waals surface area contributed by atoms with Crippen LogP contribution in [0.4, 0.5) is 5.69 Å². The summed E-state index contributed by atoms with van der Waals surface area (Å²) in [4.78, 5) is 26.5. The molecule has 0 fully saturated rings. The Balaban J connectivity index is 2.13. The summed E-state index contributed by atoms with van der Waals surface area (Å²) in [7, 11) is 1.55. The first kappa shape index (κ1) is 16.4. The molecule has 27 heavy (non-hydrogen) atoms. The Hall–Kier alpha value is -4.12. The minimum absolute atomic E-state index is 0.0284. The number of nitro benzene ring substituents is 1. The number of benzene rings is 2. The van der Waals surface area contributed by atoms with Crippen molar-refractivity contribution in [1.82, 2.24) is 9.55 Å². The lowest BCUT2D eigenvalue weighted by Gasteiger charge is -2.09. The van der Waals surface area contributed by atoms with E-state index >= 15 is 0 Å². The zero-order chi connectivity index (χ0) is 19.1. The molecule has 0 atom stereocenters. The van der Waals surface area contributed by atoms with E-state index in [9.17, 15) is 20.2 Å². The zero-order valence-corrected chi connectivity index (χ0v) is 14.1. The summed E-state index contributed by atoms with van der Waals surface area (Å²) in [5.74, 6) is 0.621. The highest BCUT2D eigenvalue weighted by atomic mass is 16.6. The van der Waals surface area contributed by atoms with Gasteiger partial charge in [0.2, 0.25) is 0 Å². The van der Waals surface area contributed by atoms with Gasteiger partial charge in [-0.3, -0.25) is 19.5 Å². The van der Waals surface area contributed by atoms with Crippen molar-refractivity contribution < 1.29 is 9.66 Å². The summed E-state index contributed by atoms with van der Waals surface area (Å²) >= 11 is 0. The van der Waals surface area contributed by atoms with Gasteiger partial charge in [-0.15, -0.1) is 0 Å². The number of fused-ring (bicyclic) bond motifs is 3. The number of ether oxygens (including phenoxy) is 1. The highest BCUT2D eigenvalue weighted by Crippen LogP contribution is 2.30. The molecular weight excluding hydrogens is 348 g/mol. The lowest BCUT2D eigenvalue weighted by molar-refractivity contribution is -0.384. The number of nitro groups is 1. The molecule has 0 aliphatic heterocycles. The Labute approximate surface area is 152 Å². The molecule has 132 valence electrons. The van der Waals surface area contributed by atoms with Crippen LogP contribution < -0.4 is 10.3 Å². The van der Waals surface area contributed by atoms with E-state index in [-0.39, 0.29) is 11.3 Å². The molecule has 0 spiro atoms. The average molecular weight is 360 g/mol. The number of nitrogens with one attached hydrogen (secondary N) is 1. The number of pyridine rings is 1. The lowest BCUT2D eigenvalue weighted by Crippen LogP contribution is -2.21. The summed E-state index contributed by atoms with van der Waals surface area (Å²) in [6.07, 6.45) is 0. The number of hydrogen-bond acceptors (Lipinski definition) is 5. The molecule has 0 saturated heterocycles. The topological polar surface area (TPSA) is 114 Å². The second-order valence-electron chi connectivity index (χ2n) is 5.88. The minimum atomic E-state index is -0.510. The van der Waals surface area contributed by atoms with Crippen LogP contribution in [0.3, 0.4) is 0 Å². The van der Waals surface area contributed by atoms with Crippen LogP contribution in [0, 0.1) is 21.4 Å². The molecule has 0 bridgehead atoms. The molecule has 0 saturated carbocycles. The van der Waals surface area contributed by atoms with Gasteiger partial charge in [0.05, 0.1) is 23.1 Å². The third-order valence-corrected chi connectivity index (χ3v) is 4.39. The summed E-state index contributed by atoms with van der Waals surface area (Å²) in [5, 5.41) is 21.0. The SMILES string of the molecule is COc1ccc2[nH]c3cc(C#N)c(=O)n(-c4ccc([N+](=O)[O-])cc4)c3c2c1. The minimum Gasteiger partial charge on any atom is -0.497 e. The van der Waals surface area contributed by atoms with Gasteiger partial charge in [0.15, 0.2) is 0 Å². The summed E-state index contributed by atoms with van der Waals surface area (Å²) in [5.41, 5.74) is 1.77. The molecular formula is C19H12N4O4. The quantitative estimate of drug-likeness (QED) is 0.445. The summed E-state index contributed by atoms with van der Waals surface area (Å²) in [6.45, 7) is 0. The maximum Gasteiger partial charge on any atom is 0.273 e. The summed E-state index contributed by atoms with van der Waals surface area (Å²) in [6, 6.07) is 14.4. The number of H-pyrrole nitrogens is 1. The highest BCUT2D eigenvalue weighted by Gasteiger charge is 2.17. The molecule has 1 N–H and O–H groups in total. The standard InChI is InChI=1S/C19H12N4O4/c1-27-14-6-7-16-15(9-14)18-17(21-16)8-11(10-20)19(24)22(18)12-2-4-13(5-3-12)23(25)26/h2-9,21H,1H3. The number of nitrogens with zero attached hydrogens (tertiary/aromatic N) is 3. The molecule has 2 aromatic carbocycles. The summed E-state index contributed by atoms with van der Waals surface area (Å²) < 4.78 is 6.66. The maximum absolute atomic E-state index is 12.9. The van der Waals surface area contributed by atoms with Gasteiger partial charge in [-0.25, -0.2) is 0 Å². The fraction of sp³-hybridized carbons (Fsp3) is 0.0526. The number of aromatic nitrogens is 2. The van der Waals surface area contributed by atoms with Crippen LogP contribution >= 0.6 is 0 Å². The second-order valence-corrected chi connectivity index (χ2v) is 5.88. The van der Waals surface area contributed by atoms with Gasteiger partial charge in [-0.1, -0.05) is 0 Å². The average Bonchev–Trinajstić information content (AvgIpc) is 3.04. The monoisotopic (exact) mass is 360 g/mol. The van der Waals surface area contributed by atoms with Gasteiger partial charge in [0.25, 0.3) is 11.2 Å². The third kappa shape index (κ3) is 2.49. The third-order valence-electron chi connectivity index (χ3n) is 4.39. The fourth-order valence-corrected chi connectivity index (χ4v) is 3.13. The van der Waals surface area contributed by atoms with Gasteiger partial charge >= 0.3 is 0 Å². The van der Waals surface area contributed by atoms with Crippen molar-refractivity contribution in [3.8, 4) is 17.5 Å². The normalized spacial score (nSPS) is 10.8. The van der Waals surface area contributed by atoms with E-state index < -0.39 is 10.5 Å². The number of aromatic amines is 1. The van der Waals surface area contributed by atoms with Crippen LogP contribution in [0.2, 0.25) is 0 Å². The van der Waals surface area contributed by atoms with Gasteiger partial charge in [0.1, 0.15) is 17.4 Å². The van der Waals surface area contributed by atoms with Crippen molar-refractivity contribution in [1.29, 1.82) is 5.26 Å². The van der Waals surface area contributed by atoms with E-state index in [2.05, 4.69) is 4.98 Å². The van der Waals surface area contributed by atoms with Crippen molar-refractivity contribution in [2.24, 2.45) is 0 Å². The molecule has 2 heterocycles. The first-order valence-corrected chi connectivity index (χ1v) is 7.94. The molecule has 4 aromatic rings. The van der Waals surface area contributed by atoms with Crippen molar-refractivity contribution in [2.45, 2.75) is 0 Å². The lowest BCUT2D eigenvalue weighted by atomic mass is 10.1. The molecule has 8 heteroatoms. The van der Waals surface area contributed by atoms with E-state index in [1.165, 1.54) is 34.9 Å². The van der Waals surface area contributed by atoms with Crippen molar-refractivity contribution >= 4 is 27.6 Å². The van der Waals surface area contributed by atoms with Crippen molar-refractivity contribution in [3.05, 3.63) is 74.6 Å². The van der Waals surface area contributed by atoms with E-state index in [1.54, 1.807) is 19.2 Å². The number of rotatable bonds is 3. The molecule has 0 aliphatic carbocycles. The second kappa shape index (κ2) is 6.00.